The van der Waals surface area contributed by atoms with Crippen molar-refractivity contribution in [2.75, 3.05) is 6.61 Å². The molecular weight excluding hydrogens is 306 g/mol. The van der Waals surface area contributed by atoms with Crippen molar-refractivity contribution in [1.29, 1.82) is 0 Å². The number of rotatable bonds is 5. The van der Waals surface area contributed by atoms with E-state index in [0.717, 1.165) is 22.3 Å². The van der Waals surface area contributed by atoms with E-state index in [4.69, 9.17) is 10.5 Å². The summed E-state index contributed by atoms with van der Waals surface area (Å²) < 4.78 is 5.31. The smallest absolute Gasteiger partial charge is 0.337 e. The number of carbonyl (C=O) groups excluding carboxylic acids is 1. The second-order valence-corrected chi connectivity index (χ2v) is 5.96. The average molecular weight is 325 g/mol. The predicted molar refractivity (Wildman–Crippen MR) is 89.5 cm³/mol. The zero-order valence-electron chi connectivity index (χ0n) is 13.4. The maximum absolute atomic E-state index is 12.2. The van der Waals surface area contributed by atoms with Crippen LogP contribution in [0.25, 0.3) is 11.1 Å². The SMILES string of the molecule is CC[C@](N)(C(=O)O)C(=O)OCC1c2ccccc2-c2ccccc21. The zero-order chi connectivity index (χ0) is 17.3. The number of benzene rings is 2. The van der Waals surface area contributed by atoms with Crippen molar-refractivity contribution in [3.05, 3.63) is 59.7 Å². The van der Waals surface area contributed by atoms with Gasteiger partial charge in [0, 0.05) is 5.92 Å². The minimum Gasteiger partial charge on any atom is -0.479 e. The quantitative estimate of drug-likeness (QED) is 0.651. The molecule has 5 heteroatoms. The third-order valence-corrected chi connectivity index (χ3v) is 4.65. The Morgan fingerprint density at radius 2 is 1.58 bits per heavy atom. The molecule has 0 radical (unpaired) electrons. The van der Waals surface area contributed by atoms with Crippen molar-refractivity contribution >= 4 is 11.9 Å². The van der Waals surface area contributed by atoms with Gasteiger partial charge >= 0.3 is 11.9 Å². The van der Waals surface area contributed by atoms with E-state index >= 15 is 0 Å². The molecule has 1 atom stereocenters. The number of nitrogens with two attached hydrogens (primary N) is 1. The third kappa shape index (κ3) is 2.47. The lowest BCUT2D eigenvalue weighted by atomic mass is 9.96. The number of fused-ring (bicyclic) bond motifs is 3. The number of esters is 1. The number of carboxylic acid groups (broad SMARTS) is 1. The summed E-state index contributed by atoms with van der Waals surface area (Å²) in [6.45, 7) is 1.62. The Labute approximate surface area is 140 Å². The highest BCUT2D eigenvalue weighted by Crippen LogP contribution is 2.44. The van der Waals surface area contributed by atoms with Gasteiger partial charge in [0.05, 0.1) is 0 Å². The van der Waals surface area contributed by atoms with Crippen LogP contribution in [0.15, 0.2) is 48.5 Å². The maximum atomic E-state index is 12.2. The fraction of sp³-hybridized carbons (Fsp3) is 0.263. The van der Waals surface area contributed by atoms with Crippen LogP contribution >= 0.6 is 0 Å². The number of carbonyl (C=O) groups is 2. The molecule has 3 N–H and O–H groups in total. The fourth-order valence-corrected chi connectivity index (χ4v) is 3.11. The number of ether oxygens (including phenoxy) is 1. The van der Waals surface area contributed by atoms with Crippen molar-refractivity contribution in [2.45, 2.75) is 24.8 Å². The van der Waals surface area contributed by atoms with Crippen molar-refractivity contribution in [3.8, 4) is 11.1 Å². The Morgan fingerprint density at radius 1 is 1.08 bits per heavy atom. The van der Waals surface area contributed by atoms with Gasteiger partial charge in [-0.2, -0.15) is 0 Å². The topological polar surface area (TPSA) is 89.6 Å². The number of carboxylic acids is 1. The fourth-order valence-electron chi connectivity index (χ4n) is 3.11. The lowest BCUT2D eigenvalue weighted by molar-refractivity contribution is -0.161. The maximum Gasteiger partial charge on any atom is 0.337 e. The molecule has 124 valence electrons. The number of aliphatic carboxylic acids is 1. The molecule has 2 aromatic carbocycles. The molecule has 24 heavy (non-hydrogen) atoms. The molecule has 0 fully saturated rings. The van der Waals surface area contributed by atoms with Crippen LogP contribution in [0, 0.1) is 0 Å². The zero-order valence-corrected chi connectivity index (χ0v) is 13.4. The van der Waals surface area contributed by atoms with Gasteiger partial charge < -0.3 is 15.6 Å². The first kappa shape index (κ1) is 16.2. The summed E-state index contributed by atoms with van der Waals surface area (Å²) in [4.78, 5) is 23.5. The lowest BCUT2D eigenvalue weighted by Gasteiger charge is -2.22. The monoisotopic (exact) mass is 325 g/mol. The molecule has 0 aliphatic heterocycles. The first-order valence-electron chi connectivity index (χ1n) is 7.86. The van der Waals surface area contributed by atoms with Crippen molar-refractivity contribution < 1.29 is 19.4 Å². The van der Waals surface area contributed by atoms with Crippen LogP contribution in [0.2, 0.25) is 0 Å². The number of hydrogen-bond donors (Lipinski definition) is 2. The minimum atomic E-state index is -2.00. The van der Waals surface area contributed by atoms with Gasteiger partial charge in [-0.25, -0.2) is 9.59 Å². The van der Waals surface area contributed by atoms with Crippen LogP contribution in [-0.4, -0.2) is 29.2 Å². The first-order valence-corrected chi connectivity index (χ1v) is 7.86. The molecule has 0 spiro atoms. The third-order valence-electron chi connectivity index (χ3n) is 4.65. The van der Waals surface area contributed by atoms with Gasteiger partial charge in [0.25, 0.3) is 0 Å². The summed E-state index contributed by atoms with van der Waals surface area (Å²) >= 11 is 0. The second kappa shape index (κ2) is 6.09. The molecule has 0 unspecified atom stereocenters. The van der Waals surface area contributed by atoms with Crippen LogP contribution in [0.3, 0.4) is 0 Å². The average Bonchev–Trinajstić information content (AvgIpc) is 2.92. The summed E-state index contributed by atoms with van der Waals surface area (Å²) in [5, 5.41) is 9.18. The second-order valence-electron chi connectivity index (χ2n) is 5.96. The standard InChI is InChI=1S/C19H19NO4/c1-2-19(20,17(21)22)18(23)24-11-16-14-9-5-3-7-12(14)13-8-4-6-10-15(13)16/h3-10,16H,2,11,20H2,1H3,(H,21,22)/t19-/m0/s1. The van der Waals surface area contributed by atoms with Crippen molar-refractivity contribution in [3.63, 3.8) is 0 Å². The van der Waals surface area contributed by atoms with E-state index in [1.807, 2.05) is 48.5 Å². The lowest BCUT2D eigenvalue weighted by Crippen LogP contribution is -2.55. The Kier molecular flexibility index (Phi) is 4.11. The van der Waals surface area contributed by atoms with E-state index in [1.54, 1.807) is 6.92 Å². The Morgan fingerprint density at radius 3 is 2.04 bits per heavy atom. The Hall–Kier alpha value is -2.66. The van der Waals surface area contributed by atoms with Gasteiger partial charge in [0.2, 0.25) is 5.54 Å². The van der Waals surface area contributed by atoms with Crippen molar-refractivity contribution in [2.24, 2.45) is 5.73 Å². The van der Waals surface area contributed by atoms with Gasteiger partial charge in [-0.15, -0.1) is 0 Å². The van der Waals surface area contributed by atoms with E-state index in [-0.39, 0.29) is 18.9 Å². The van der Waals surface area contributed by atoms with E-state index in [1.165, 1.54) is 0 Å². The molecule has 3 rings (SSSR count). The van der Waals surface area contributed by atoms with E-state index < -0.39 is 17.5 Å². The van der Waals surface area contributed by atoms with Crippen LogP contribution < -0.4 is 5.73 Å². The van der Waals surface area contributed by atoms with Crippen LogP contribution in [0.1, 0.15) is 30.4 Å². The largest absolute Gasteiger partial charge is 0.479 e. The van der Waals surface area contributed by atoms with E-state index in [2.05, 4.69) is 0 Å². The summed E-state index contributed by atoms with van der Waals surface area (Å²) in [5.74, 6) is -2.39. The van der Waals surface area contributed by atoms with Gasteiger partial charge in [0.1, 0.15) is 6.61 Å². The molecule has 1 aliphatic rings. The molecule has 0 aromatic heterocycles. The number of hydrogen-bond acceptors (Lipinski definition) is 4. The van der Waals surface area contributed by atoms with Gasteiger partial charge in [-0.05, 0) is 28.7 Å². The van der Waals surface area contributed by atoms with E-state index in [9.17, 15) is 14.7 Å². The highest BCUT2D eigenvalue weighted by molar-refractivity contribution is 6.03. The summed E-state index contributed by atoms with van der Waals surface area (Å²) in [6, 6.07) is 15.9. The molecule has 2 aromatic rings. The van der Waals surface area contributed by atoms with Gasteiger partial charge in [-0.3, -0.25) is 0 Å². The molecule has 0 saturated carbocycles. The van der Waals surface area contributed by atoms with E-state index in [0.29, 0.717) is 0 Å². The molecule has 5 nitrogen and oxygen atoms in total. The highest BCUT2D eigenvalue weighted by Gasteiger charge is 2.43. The highest BCUT2D eigenvalue weighted by atomic mass is 16.5. The molecular formula is C19H19NO4. The van der Waals surface area contributed by atoms with Gasteiger partial charge in [-0.1, -0.05) is 55.5 Å². The molecule has 0 bridgehead atoms. The molecule has 1 aliphatic carbocycles. The summed E-state index contributed by atoms with van der Waals surface area (Å²) in [6.07, 6.45) is -0.0288. The van der Waals surface area contributed by atoms with Crippen molar-refractivity contribution in [1.82, 2.24) is 0 Å². The summed E-state index contributed by atoms with van der Waals surface area (Å²) in [7, 11) is 0. The van der Waals surface area contributed by atoms with Crippen LogP contribution in [-0.2, 0) is 14.3 Å². The molecule has 0 heterocycles. The van der Waals surface area contributed by atoms with Crippen LogP contribution in [0.5, 0.6) is 0 Å². The molecule has 0 saturated heterocycles. The Balaban J connectivity index is 1.86. The van der Waals surface area contributed by atoms with Crippen LogP contribution in [0.4, 0.5) is 0 Å². The van der Waals surface area contributed by atoms with Gasteiger partial charge in [0.15, 0.2) is 0 Å². The summed E-state index contributed by atoms with van der Waals surface area (Å²) in [5.41, 5.74) is 8.05. The Bertz CT molecular complexity index is 756. The first-order chi connectivity index (χ1) is 11.5. The predicted octanol–water partition coefficient (Wildman–Crippen LogP) is 2.53. The minimum absolute atomic E-state index is 0.0288. The molecule has 0 amide bonds. The normalized spacial score (nSPS) is 15.2.